The molecule has 4 heteroatoms. The highest BCUT2D eigenvalue weighted by molar-refractivity contribution is 7.89. The Labute approximate surface area is 137 Å². The van der Waals surface area contributed by atoms with Gasteiger partial charge in [-0.05, 0) is 30.2 Å². The standard InChI is InChI=1S/C19H19NO2S/c1-16-9-11-19(12-10-16)23(21,22)20-13-5-8-18(15-20)14-17-6-3-2-4-7-17/h2-12,14H,13,15H2,1H3/b18-14+. The maximum Gasteiger partial charge on any atom is 0.243 e. The molecule has 0 bridgehead atoms. The van der Waals surface area contributed by atoms with E-state index in [0.717, 1.165) is 16.7 Å². The van der Waals surface area contributed by atoms with Crippen molar-refractivity contribution in [3.8, 4) is 0 Å². The van der Waals surface area contributed by atoms with Gasteiger partial charge < -0.3 is 0 Å². The van der Waals surface area contributed by atoms with E-state index in [1.54, 1.807) is 12.1 Å². The summed E-state index contributed by atoms with van der Waals surface area (Å²) >= 11 is 0. The zero-order valence-corrected chi connectivity index (χ0v) is 13.8. The molecule has 0 aliphatic carbocycles. The van der Waals surface area contributed by atoms with Crippen molar-refractivity contribution in [2.24, 2.45) is 0 Å². The van der Waals surface area contributed by atoms with Gasteiger partial charge in [0.1, 0.15) is 0 Å². The van der Waals surface area contributed by atoms with Crippen LogP contribution < -0.4 is 0 Å². The lowest BCUT2D eigenvalue weighted by atomic mass is 10.1. The van der Waals surface area contributed by atoms with Gasteiger partial charge in [-0.1, -0.05) is 66.3 Å². The molecule has 0 amide bonds. The van der Waals surface area contributed by atoms with E-state index in [-0.39, 0.29) is 0 Å². The first-order valence-electron chi connectivity index (χ1n) is 7.55. The van der Waals surface area contributed by atoms with Gasteiger partial charge in [0.05, 0.1) is 4.90 Å². The van der Waals surface area contributed by atoms with Crippen LogP contribution in [0.15, 0.2) is 77.2 Å². The second-order valence-electron chi connectivity index (χ2n) is 5.64. The molecule has 23 heavy (non-hydrogen) atoms. The van der Waals surface area contributed by atoms with Crippen molar-refractivity contribution in [1.82, 2.24) is 4.31 Å². The Kier molecular flexibility index (Phi) is 4.46. The third kappa shape index (κ3) is 3.60. The molecule has 0 saturated heterocycles. The highest BCUT2D eigenvalue weighted by atomic mass is 32.2. The first-order valence-corrected chi connectivity index (χ1v) is 8.99. The number of sulfonamides is 1. The normalized spacial score (nSPS) is 17.5. The summed E-state index contributed by atoms with van der Waals surface area (Å²) in [6.45, 7) is 2.74. The van der Waals surface area contributed by atoms with Gasteiger partial charge in [-0.15, -0.1) is 0 Å². The van der Waals surface area contributed by atoms with Crippen LogP contribution in [0.3, 0.4) is 0 Å². The minimum absolute atomic E-state index is 0.345. The van der Waals surface area contributed by atoms with E-state index < -0.39 is 10.0 Å². The van der Waals surface area contributed by atoms with Crippen molar-refractivity contribution in [1.29, 1.82) is 0 Å². The second kappa shape index (κ2) is 6.52. The molecule has 1 heterocycles. The summed E-state index contributed by atoms with van der Waals surface area (Å²) in [5.41, 5.74) is 3.10. The van der Waals surface area contributed by atoms with E-state index in [9.17, 15) is 8.42 Å². The molecule has 0 aromatic heterocycles. The van der Waals surface area contributed by atoms with E-state index in [1.165, 1.54) is 4.31 Å². The van der Waals surface area contributed by atoms with Crippen LogP contribution in [0.2, 0.25) is 0 Å². The second-order valence-corrected chi connectivity index (χ2v) is 7.58. The van der Waals surface area contributed by atoms with Crippen molar-refractivity contribution >= 4 is 16.1 Å². The molecular weight excluding hydrogens is 306 g/mol. The molecule has 3 nitrogen and oxygen atoms in total. The SMILES string of the molecule is Cc1ccc(S(=O)(=O)N2CC=C/C(=C\c3ccccc3)C2)cc1. The fourth-order valence-electron chi connectivity index (χ4n) is 2.54. The van der Waals surface area contributed by atoms with Gasteiger partial charge in [-0.3, -0.25) is 0 Å². The monoisotopic (exact) mass is 325 g/mol. The Morgan fingerprint density at radius 3 is 2.39 bits per heavy atom. The fourth-order valence-corrected chi connectivity index (χ4v) is 3.92. The van der Waals surface area contributed by atoms with Crippen LogP contribution in [0.4, 0.5) is 0 Å². The summed E-state index contributed by atoms with van der Waals surface area (Å²) in [4.78, 5) is 0.345. The van der Waals surface area contributed by atoms with Crippen LogP contribution >= 0.6 is 0 Å². The summed E-state index contributed by atoms with van der Waals surface area (Å²) in [7, 11) is -3.46. The number of nitrogens with zero attached hydrogens (tertiary/aromatic N) is 1. The van der Waals surface area contributed by atoms with Gasteiger partial charge in [-0.2, -0.15) is 4.31 Å². The molecule has 0 radical (unpaired) electrons. The van der Waals surface area contributed by atoms with E-state index in [2.05, 4.69) is 0 Å². The quantitative estimate of drug-likeness (QED) is 0.864. The molecule has 0 N–H and O–H groups in total. The molecule has 118 valence electrons. The topological polar surface area (TPSA) is 37.4 Å². The predicted molar refractivity (Wildman–Crippen MR) is 93.5 cm³/mol. The molecule has 2 aromatic carbocycles. The van der Waals surface area contributed by atoms with Gasteiger partial charge in [0.2, 0.25) is 10.0 Å². The largest absolute Gasteiger partial charge is 0.243 e. The number of benzene rings is 2. The van der Waals surface area contributed by atoms with Crippen LogP contribution in [0.25, 0.3) is 6.08 Å². The summed E-state index contributed by atoms with van der Waals surface area (Å²) in [5, 5.41) is 0. The highest BCUT2D eigenvalue weighted by Gasteiger charge is 2.25. The van der Waals surface area contributed by atoms with E-state index in [0.29, 0.717) is 18.0 Å². The molecule has 0 saturated carbocycles. The van der Waals surface area contributed by atoms with Crippen molar-refractivity contribution in [2.75, 3.05) is 13.1 Å². The minimum atomic E-state index is -3.46. The maximum atomic E-state index is 12.8. The van der Waals surface area contributed by atoms with Crippen LogP contribution in [-0.4, -0.2) is 25.8 Å². The Morgan fingerprint density at radius 2 is 1.70 bits per heavy atom. The van der Waals surface area contributed by atoms with Gasteiger partial charge >= 0.3 is 0 Å². The van der Waals surface area contributed by atoms with Gasteiger partial charge in [0.25, 0.3) is 0 Å². The van der Waals surface area contributed by atoms with Crippen molar-refractivity contribution in [3.05, 3.63) is 83.4 Å². The molecule has 0 fully saturated rings. The van der Waals surface area contributed by atoms with Gasteiger partial charge in [0.15, 0.2) is 0 Å². The Morgan fingerprint density at radius 1 is 1.00 bits per heavy atom. The lowest BCUT2D eigenvalue weighted by molar-refractivity contribution is 0.463. The van der Waals surface area contributed by atoms with E-state index >= 15 is 0 Å². The first kappa shape index (κ1) is 15.7. The summed E-state index contributed by atoms with van der Waals surface area (Å²) < 4.78 is 27.0. The average Bonchev–Trinajstić information content (AvgIpc) is 2.56. The Hall–Kier alpha value is -2.17. The fraction of sp³-hybridized carbons (Fsp3) is 0.158. The Balaban J connectivity index is 1.86. The van der Waals surface area contributed by atoms with Crippen LogP contribution in [0, 0.1) is 6.92 Å². The smallest absolute Gasteiger partial charge is 0.207 e. The summed E-state index contributed by atoms with van der Waals surface area (Å²) in [6, 6.07) is 16.9. The molecule has 3 rings (SSSR count). The summed E-state index contributed by atoms with van der Waals surface area (Å²) in [5.74, 6) is 0. The summed E-state index contributed by atoms with van der Waals surface area (Å²) in [6.07, 6.45) is 5.91. The van der Waals surface area contributed by atoms with Crippen LogP contribution in [-0.2, 0) is 10.0 Å². The molecular formula is C19H19NO2S. The van der Waals surface area contributed by atoms with E-state index in [1.807, 2.05) is 67.6 Å². The predicted octanol–water partition coefficient (Wildman–Crippen LogP) is 3.64. The maximum absolute atomic E-state index is 12.8. The van der Waals surface area contributed by atoms with Gasteiger partial charge in [0, 0.05) is 13.1 Å². The number of hydrogen-bond donors (Lipinski definition) is 0. The third-order valence-electron chi connectivity index (χ3n) is 3.81. The Bertz CT molecular complexity index is 835. The molecule has 2 aromatic rings. The van der Waals surface area contributed by atoms with Gasteiger partial charge in [-0.25, -0.2) is 8.42 Å². The van der Waals surface area contributed by atoms with Crippen LogP contribution in [0.5, 0.6) is 0 Å². The molecule has 0 spiro atoms. The zero-order chi connectivity index (χ0) is 16.3. The van der Waals surface area contributed by atoms with Crippen molar-refractivity contribution in [2.45, 2.75) is 11.8 Å². The zero-order valence-electron chi connectivity index (χ0n) is 13.0. The third-order valence-corrected chi connectivity index (χ3v) is 5.64. The minimum Gasteiger partial charge on any atom is -0.207 e. The number of aryl methyl sites for hydroxylation is 1. The van der Waals surface area contributed by atoms with Crippen molar-refractivity contribution in [3.63, 3.8) is 0 Å². The lowest BCUT2D eigenvalue weighted by Crippen LogP contribution is -2.34. The van der Waals surface area contributed by atoms with E-state index in [4.69, 9.17) is 0 Å². The first-order chi connectivity index (χ1) is 11.1. The number of rotatable bonds is 3. The highest BCUT2D eigenvalue weighted by Crippen LogP contribution is 2.21. The molecule has 0 unspecified atom stereocenters. The average molecular weight is 325 g/mol. The molecule has 1 aliphatic rings. The van der Waals surface area contributed by atoms with Crippen LogP contribution in [0.1, 0.15) is 11.1 Å². The molecule has 1 aliphatic heterocycles. The lowest BCUT2D eigenvalue weighted by Gasteiger charge is -2.24. The number of hydrogen-bond acceptors (Lipinski definition) is 2. The molecule has 0 atom stereocenters. The van der Waals surface area contributed by atoms with Crippen molar-refractivity contribution < 1.29 is 8.42 Å².